The Kier molecular flexibility index (Phi) is 3.16. The van der Waals surface area contributed by atoms with Crippen molar-refractivity contribution in [2.75, 3.05) is 19.3 Å². The molecule has 14 heavy (non-hydrogen) atoms. The minimum Gasteiger partial charge on any atom is -0.373 e. The van der Waals surface area contributed by atoms with Gasteiger partial charge in [0.05, 0.1) is 16.4 Å². The van der Waals surface area contributed by atoms with Crippen LogP contribution in [-0.4, -0.2) is 32.7 Å². The van der Waals surface area contributed by atoms with Crippen molar-refractivity contribution < 1.29 is 8.42 Å². The number of hydrogen-bond acceptors (Lipinski definition) is 3. The predicted octanol–water partition coefficient (Wildman–Crippen LogP) is 1.32. The van der Waals surface area contributed by atoms with Crippen molar-refractivity contribution in [3.05, 3.63) is 35.4 Å². The van der Waals surface area contributed by atoms with Gasteiger partial charge in [0, 0.05) is 13.6 Å². The first-order valence-corrected chi connectivity index (χ1v) is 6.11. The Balaban J connectivity index is 3.37. The van der Waals surface area contributed by atoms with Gasteiger partial charge in [0.25, 0.3) is 0 Å². The number of nitrogens with zero attached hydrogens (tertiary/aromatic N) is 1. The van der Waals surface area contributed by atoms with Crippen LogP contribution < -0.4 is 0 Å². The maximum atomic E-state index is 11.7. The van der Waals surface area contributed by atoms with Crippen LogP contribution >= 0.6 is 0 Å². The predicted molar refractivity (Wildman–Crippen MR) is 58.5 cm³/mol. The minimum atomic E-state index is -3.10. The smallest absolute Gasteiger partial charge is 0.182 e. The normalized spacial score (nSPS) is 21.7. The molecular weight excluding hydrogens is 198 g/mol. The molecule has 78 valence electrons. The molecule has 3 nitrogen and oxygen atoms in total. The SMILES string of the molecule is C=CC1=C(/C=C\C)S(=O)(=O)CCN1C. The highest BCUT2D eigenvalue weighted by molar-refractivity contribution is 7.95. The molecule has 0 radical (unpaired) electrons. The summed E-state index contributed by atoms with van der Waals surface area (Å²) in [4.78, 5) is 2.28. The number of likely N-dealkylation sites (N-methyl/N-ethyl adjacent to an activating group) is 1. The molecule has 0 saturated heterocycles. The third-order valence-corrected chi connectivity index (χ3v) is 3.94. The summed E-state index contributed by atoms with van der Waals surface area (Å²) in [6, 6.07) is 0. The molecule has 1 aliphatic heterocycles. The second-order valence-electron chi connectivity index (χ2n) is 3.19. The second kappa shape index (κ2) is 4.00. The lowest BCUT2D eigenvalue weighted by Gasteiger charge is -2.27. The van der Waals surface area contributed by atoms with Crippen molar-refractivity contribution in [2.45, 2.75) is 6.92 Å². The van der Waals surface area contributed by atoms with E-state index in [1.165, 1.54) is 0 Å². The lowest BCUT2D eigenvalue weighted by molar-refractivity contribution is 0.444. The van der Waals surface area contributed by atoms with E-state index < -0.39 is 9.84 Å². The van der Waals surface area contributed by atoms with E-state index in [1.54, 1.807) is 25.2 Å². The molecule has 0 spiro atoms. The Morgan fingerprint density at radius 1 is 1.50 bits per heavy atom. The van der Waals surface area contributed by atoms with Crippen molar-refractivity contribution in [1.82, 2.24) is 4.90 Å². The fourth-order valence-corrected chi connectivity index (χ4v) is 3.07. The van der Waals surface area contributed by atoms with Crippen LogP contribution in [0.3, 0.4) is 0 Å². The average Bonchev–Trinajstić information content (AvgIpc) is 2.13. The average molecular weight is 213 g/mol. The summed E-state index contributed by atoms with van der Waals surface area (Å²) in [6.07, 6.45) is 4.95. The highest BCUT2D eigenvalue weighted by Crippen LogP contribution is 2.23. The van der Waals surface area contributed by atoms with Crippen molar-refractivity contribution in [2.24, 2.45) is 0 Å². The quantitative estimate of drug-likeness (QED) is 0.694. The Labute approximate surface area is 85.3 Å². The molecule has 0 aromatic heterocycles. The molecule has 0 unspecified atom stereocenters. The van der Waals surface area contributed by atoms with Gasteiger partial charge in [0.15, 0.2) is 9.84 Å². The molecule has 0 N–H and O–H groups in total. The molecule has 0 aromatic carbocycles. The van der Waals surface area contributed by atoms with Crippen LogP contribution in [0.1, 0.15) is 6.92 Å². The van der Waals surface area contributed by atoms with Crippen LogP contribution in [0, 0.1) is 0 Å². The Morgan fingerprint density at radius 2 is 2.14 bits per heavy atom. The van der Waals surface area contributed by atoms with E-state index in [4.69, 9.17) is 0 Å². The third-order valence-electron chi connectivity index (χ3n) is 2.21. The van der Waals surface area contributed by atoms with Gasteiger partial charge in [-0.15, -0.1) is 0 Å². The topological polar surface area (TPSA) is 37.4 Å². The zero-order valence-corrected chi connectivity index (χ0v) is 9.34. The van der Waals surface area contributed by atoms with Crippen LogP contribution in [-0.2, 0) is 9.84 Å². The maximum absolute atomic E-state index is 11.7. The molecule has 0 amide bonds. The maximum Gasteiger partial charge on any atom is 0.182 e. The monoisotopic (exact) mass is 213 g/mol. The summed E-state index contributed by atoms with van der Waals surface area (Å²) < 4.78 is 23.4. The van der Waals surface area contributed by atoms with Gasteiger partial charge in [0.1, 0.15) is 0 Å². The van der Waals surface area contributed by atoms with Gasteiger partial charge >= 0.3 is 0 Å². The Hall–Kier alpha value is -1.03. The highest BCUT2D eigenvalue weighted by atomic mass is 32.2. The molecule has 0 fully saturated rings. The summed E-state index contributed by atoms with van der Waals surface area (Å²) >= 11 is 0. The summed E-state index contributed by atoms with van der Waals surface area (Å²) in [6.45, 7) is 5.97. The molecule has 1 heterocycles. The van der Waals surface area contributed by atoms with E-state index in [0.717, 1.165) is 0 Å². The molecule has 0 aliphatic carbocycles. The zero-order chi connectivity index (χ0) is 10.8. The molecule has 0 bridgehead atoms. The van der Waals surface area contributed by atoms with Crippen LogP contribution in [0.5, 0.6) is 0 Å². The number of hydrogen-bond donors (Lipinski definition) is 0. The lowest BCUT2D eigenvalue weighted by Crippen LogP contribution is -2.32. The molecular formula is C10H15NO2S. The second-order valence-corrected chi connectivity index (χ2v) is 5.27. The van der Waals surface area contributed by atoms with Gasteiger partial charge in [-0.05, 0) is 19.1 Å². The van der Waals surface area contributed by atoms with Crippen molar-refractivity contribution >= 4 is 9.84 Å². The summed E-state index contributed by atoms with van der Waals surface area (Å²) in [5.41, 5.74) is 0.689. The zero-order valence-electron chi connectivity index (χ0n) is 8.53. The first kappa shape index (κ1) is 11.0. The summed E-state index contributed by atoms with van der Waals surface area (Å²) in [7, 11) is -1.23. The first-order chi connectivity index (χ1) is 6.53. The molecule has 1 rings (SSSR count). The fraction of sp³-hybridized carbons (Fsp3) is 0.400. The van der Waals surface area contributed by atoms with E-state index in [1.807, 2.05) is 11.9 Å². The van der Waals surface area contributed by atoms with E-state index in [2.05, 4.69) is 6.58 Å². The lowest BCUT2D eigenvalue weighted by atomic mass is 10.3. The minimum absolute atomic E-state index is 0.181. The van der Waals surface area contributed by atoms with Gasteiger partial charge in [-0.3, -0.25) is 0 Å². The Morgan fingerprint density at radius 3 is 2.64 bits per heavy atom. The molecule has 0 aromatic rings. The summed E-state index contributed by atoms with van der Waals surface area (Å²) in [5.74, 6) is 0.181. The van der Waals surface area contributed by atoms with E-state index in [9.17, 15) is 8.42 Å². The van der Waals surface area contributed by atoms with E-state index >= 15 is 0 Å². The van der Waals surface area contributed by atoms with Crippen molar-refractivity contribution in [3.63, 3.8) is 0 Å². The van der Waals surface area contributed by atoms with Crippen molar-refractivity contribution in [1.29, 1.82) is 0 Å². The van der Waals surface area contributed by atoms with Gasteiger partial charge in [0.2, 0.25) is 0 Å². The van der Waals surface area contributed by atoms with E-state index in [-0.39, 0.29) is 5.75 Å². The third kappa shape index (κ3) is 1.90. The molecule has 0 atom stereocenters. The van der Waals surface area contributed by atoms with Gasteiger partial charge in [-0.2, -0.15) is 0 Å². The van der Waals surface area contributed by atoms with Gasteiger partial charge in [-0.25, -0.2) is 8.42 Å². The van der Waals surface area contributed by atoms with Gasteiger partial charge in [-0.1, -0.05) is 12.7 Å². The first-order valence-electron chi connectivity index (χ1n) is 4.46. The largest absolute Gasteiger partial charge is 0.373 e. The highest BCUT2D eigenvalue weighted by Gasteiger charge is 2.25. The van der Waals surface area contributed by atoms with Crippen LogP contribution in [0.25, 0.3) is 0 Å². The molecule has 4 heteroatoms. The molecule has 1 aliphatic rings. The number of allylic oxidation sites excluding steroid dienone is 3. The molecule has 0 saturated carbocycles. The van der Waals surface area contributed by atoms with Crippen molar-refractivity contribution in [3.8, 4) is 0 Å². The Bertz CT molecular complexity index is 390. The number of sulfone groups is 1. The van der Waals surface area contributed by atoms with E-state index in [0.29, 0.717) is 17.1 Å². The fourth-order valence-electron chi connectivity index (χ4n) is 1.43. The van der Waals surface area contributed by atoms with Crippen LogP contribution in [0.2, 0.25) is 0 Å². The summed E-state index contributed by atoms with van der Waals surface area (Å²) in [5, 5.41) is 0. The standard InChI is InChI=1S/C10H15NO2S/c1-4-6-10-9(5-2)11(3)7-8-14(10,12)13/h4-6H,2,7-8H2,1,3H3/b6-4-. The van der Waals surface area contributed by atoms with Gasteiger partial charge < -0.3 is 4.90 Å². The van der Waals surface area contributed by atoms with Crippen LogP contribution in [0.4, 0.5) is 0 Å². The number of rotatable bonds is 2. The van der Waals surface area contributed by atoms with Crippen LogP contribution in [0.15, 0.2) is 35.4 Å².